The van der Waals surface area contributed by atoms with Crippen molar-refractivity contribution in [3.63, 3.8) is 0 Å². The van der Waals surface area contributed by atoms with Gasteiger partial charge in [-0.2, -0.15) is 5.10 Å². The first-order valence-electron chi connectivity index (χ1n) is 11.3. The van der Waals surface area contributed by atoms with Gasteiger partial charge in [-0.3, -0.25) is 9.48 Å². The van der Waals surface area contributed by atoms with Gasteiger partial charge in [-0.05, 0) is 61.4 Å². The largest absolute Gasteiger partial charge is 0.489 e. The van der Waals surface area contributed by atoms with E-state index in [2.05, 4.69) is 26.3 Å². The average molecular weight is 548 g/mol. The molecule has 0 saturated carbocycles. The molecule has 0 spiro atoms. The van der Waals surface area contributed by atoms with Gasteiger partial charge in [0.2, 0.25) is 0 Å². The fraction of sp³-hybridized carbons (Fsp3) is 0.179. The molecule has 4 rings (SSSR count). The Labute approximate surface area is 218 Å². The van der Waals surface area contributed by atoms with Crippen molar-refractivity contribution in [3.05, 3.63) is 111 Å². The molecule has 3 aromatic carbocycles. The molecule has 7 nitrogen and oxygen atoms in total. The van der Waals surface area contributed by atoms with E-state index in [9.17, 15) is 9.59 Å². The van der Waals surface area contributed by atoms with E-state index in [1.54, 1.807) is 22.9 Å². The van der Waals surface area contributed by atoms with E-state index in [0.29, 0.717) is 35.7 Å². The molecule has 8 heteroatoms. The molecule has 0 aliphatic heterocycles. The number of amides is 1. The predicted molar refractivity (Wildman–Crippen MR) is 141 cm³/mol. The number of ether oxygens (including phenoxy) is 2. The quantitative estimate of drug-likeness (QED) is 0.276. The van der Waals surface area contributed by atoms with Gasteiger partial charge in [0, 0.05) is 10.0 Å². The van der Waals surface area contributed by atoms with Crippen molar-refractivity contribution < 1.29 is 19.1 Å². The Bertz CT molecular complexity index is 1410. The van der Waals surface area contributed by atoms with E-state index >= 15 is 0 Å². The average Bonchev–Trinajstić information content (AvgIpc) is 3.14. The number of anilines is 1. The summed E-state index contributed by atoms with van der Waals surface area (Å²) >= 11 is 3.44. The zero-order chi connectivity index (χ0) is 25.7. The van der Waals surface area contributed by atoms with Crippen molar-refractivity contribution in [2.75, 3.05) is 12.4 Å². The number of esters is 1. The van der Waals surface area contributed by atoms with E-state index in [1.807, 2.05) is 68.4 Å². The molecule has 0 radical (unpaired) electrons. The molecule has 0 saturated heterocycles. The number of methoxy groups -OCH3 is 1. The third-order valence-corrected chi connectivity index (χ3v) is 6.25. The predicted octanol–water partition coefficient (Wildman–Crippen LogP) is 5.93. The summed E-state index contributed by atoms with van der Waals surface area (Å²) in [7, 11) is 1.36. The Kier molecular flexibility index (Phi) is 7.85. The second-order valence-electron chi connectivity index (χ2n) is 8.25. The number of nitrogens with one attached hydrogen (secondary N) is 1. The van der Waals surface area contributed by atoms with Crippen LogP contribution in [0.15, 0.2) is 77.3 Å². The molecule has 1 amide bonds. The number of aromatic nitrogens is 2. The highest BCUT2D eigenvalue weighted by molar-refractivity contribution is 9.10. The van der Waals surface area contributed by atoms with Gasteiger partial charge >= 0.3 is 5.97 Å². The van der Waals surface area contributed by atoms with Gasteiger partial charge in [0.15, 0.2) is 0 Å². The standard InChI is InChI=1S/C28H26BrN3O4/c1-18-26(19(2)32(31-18)16-22-9-4-5-13-25(22)28(34)35-3)30-27(33)21-10-6-8-20(14-21)17-36-24-12-7-11-23(29)15-24/h4-15H,16-17H2,1-3H3,(H,30,33). The Morgan fingerprint density at radius 3 is 2.56 bits per heavy atom. The number of carbonyl (C=O) groups is 2. The van der Waals surface area contributed by atoms with Crippen molar-refractivity contribution >= 4 is 33.5 Å². The van der Waals surface area contributed by atoms with Gasteiger partial charge < -0.3 is 14.8 Å². The molecule has 0 aliphatic rings. The second kappa shape index (κ2) is 11.2. The topological polar surface area (TPSA) is 82.5 Å². The van der Waals surface area contributed by atoms with Gasteiger partial charge in [0.25, 0.3) is 5.91 Å². The number of carbonyl (C=O) groups excluding carboxylic acids is 2. The van der Waals surface area contributed by atoms with Crippen LogP contribution in [-0.2, 0) is 17.9 Å². The van der Waals surface area contributed by atoms with Crippen LogP contribution in [0.2, 0.25) is 0 Å². The lowest BCUT2D eigenvalue weighted by atomic mass is 10.1. The van der Waals surface area contributed by atoms with Gasteiger partial charge in [-0.25, -0.2) is 4.79 Å². The highest BCUT2D eigenvalue weighted by atomic mass is 79.9. The van der Waals surface area contributed by atoms with Crippen LogP contribution in [0, 0.1) is 13.8 Å². The monoisotopic (exact) mass is 547 g/mol. The third-order valence-electron chi connectivity index (χ3n) is 5.75. The fourth-order valence-electron chi connectivity index (χ4n) is 3.87. The van der Waals surface area contributed by atoms with Crippen molar-refractivity contribution in [1.82, 2.24) is 9.78 Å². The van der Waals surface area contributed by atoms with Crippen LogP contribution in [0.5, 0.6) is 5.75 Å². The van der Waals surface area contributed by atoms with Crippen molar-refractivity contribution in [1.29, 1.82) is 0 Å². The van der Waals surface area contributed by atoms with Crippen LogP contribution in [0.25, 0.3) is 0 Å². The lowest BCUT2D eigenvalue weighted by Crippen LogP contribution is -2.14. The lowest BCUT2D eigenvalue weighted by molar-refractivity contribution is 0.0599. The zero-order valence-electron chi connectivity index (χ0n) is 20.2. The first kappa shape index (κ1) is 25.2. The third kappa shape index (κ3) is 5.83. The number of aryl methyl sites for hydroxylation is 1. The summed E-state index contributed by atoms with van der Waals surface area (Å²) in [6.07, 6.45) is 0. The second-order valence-corrected chi connectivity index (χ2v) is 9.17. The minimum atomic E-state index is -0.399. The van der Waals surface area contributed by atoms with E-state index in [-0.39, 0.29) is 5.91 Å². The molecule has 0 bridgehead atoms. The lowest BCUT2D eigenvalue weighted by Gasteiger charge is -2.11. The number of rotatable bonds is 8. The molecular formula is C28H26BrN3O4. The molecule has 4 aromatic rings. The first-order valence-corrected chi connectivity index (χ1v) is 12.1. The molecule has 36 heavy (non-hydrogen) atoms. The summed E-state index contributed by atoms with van der Waals surface area (Å²) in [6, 6.07) is 22.2. The summed E-state index contributed by atoms with van der Waals surface area (Å²) < 4.78 is 13.5. The molecule has 1 N–H and O–H groups in total. The highest BCUT2D eigenvalue weighted by Crippen LogP contribution is 2.23. The van der Waals surface area contributed by atoms with Crippen LogP contribution in [0.4, 0.5) is 5.69 Å². The fourth-order valence-corrected chi connectivity index (χ4v) is 4.25. The SMILES string of the molecule is COC(=O)c1ccccc1Cn1nc(C)c(NC(=O)c2cccc(COc3cccc(Br)c3)c2)c1C. The molecule has 1 heterocycles. The van der Waals surface area contributed by atoms with E-state index in [0.717, 1.165) is 27.0 Å². The maximum atomic E-state index is 13.1. The summed E-state index contributed by atoms with van der Waals surface area (Å²) in [4.78, 5) is 25.2. The minimum Gasteiger partial charge on any atom is -0.489 e. The number of hydrogen-bond acceptors (Lipinski definition) is 5. The van der Waals surface area contributed by atoms with Crippen LogP contribution in [0.1, 0.15) is 43.2 Å². The maximum Gasteiger partial charge on any atom is 0.338 e. The number of nitrogens with zero attached hydrogens (tertiary/aromatic N) is 2. The van der Waals surface area contributed by atoms with Crippen molar-refractivity contribution in [2.24, 2.45) is 0 Å². The van der Waals surface area contributed by atoms with Crippen molar-refractivity contribution in [3.8, 4) is 5.75 Å². The Morgan fingerprint density at radius 2 is 1.78 bits per heavy atom. The van der Waals surface area contributed by atoms with Gasteiger partial charge in [-0.15, -0.1) is 0 Å². The van der Waals surface area contributed by atoms with Crippen LogP contribution in [0.3, 0.4) is 0 Å². The van der Waals surface area contributed by atoms with Crippen LogP contribution < -0.4 is 10.1 Å². The smallest absolute Gasteiger partial charge is 0.338 e. The zero-order valence-corrected chi connectivity index (χ0v) is 21.8. The maximum absolute atomic E-state index is 13.1. The van der Waals surface area contributed by atoms with E-state index < -0.39 is 5.97 Å². The Morgan fingerprint density at radius 1 is 1.00 bits per heavy atom. The number of hydrogen-bond donors (Lipinski definition) is 1. The first-order chi connectivity index (χ1) is 17.4. The van der Waals surface area contributed by atoms with E-state index in [4.69, 9.17) is 9.47 Å². The Balaban J connectivity index is 1.48. The molecule has 0 atom stereocenters. The van der Waals surface area contributed by atoms with E-state index in [1.165, 1.54) is 7.11 Å². The van der Waals surface area contributed by atoms with Gasteiger partial charge in [0.1, 0.15) is 12.4 Å². The highest BCUT2D eigenvalue weighted by Gasteiger charge is 2.18. The molecule has 184 valence electrons. The molecule has 0 unspecified atom stereocenters. The van der Waals surface area contributed by atoms with Gasteiger partial charge in [0.05, 0.1) is 36.3 Å². The van der Waals surface area contributed by atoms with Gasteiger partial charge in [-0.1, -0.05) is 52.3 Å². The summed E-state index contributed by atoms with van der Waals surface area (Å²) in [6.45, 7) is 4.44. The Hall–Kier alpha value is -3.91. The summed E-state index contributed by atoms with van der Waals surface area (Å²) in [5.41, 5.74) is 4.79. The number of benzene rings is 3. The van der Waals surface area contributed by atoms with Crippen LogP contribution >= 0.6 is 15.9 Å². The summed E-state index contributed by atoms with van der Waals surface area (Å²) in [5, 5.41) is 7.59. The summed E-state index contributed by atoms with van der Waals surface area (Å²) in [5.74, 6) is 0.108. The minimum absolute atomic E-state index is 0.236. The normalized spacial score (nSPS) is 10.7. The molecule has 0 aliphatic carbocycles. The van der Waals surface area contributed by atoms with Crippen molar-refractivity contribution in [2.45, 2.75) is 27.0 Å². The molecular weight excluding hydrogens is 522 g/mol. The van der Waals surface area contributed by atoms with Crippen LogP contribution in [-0.4, -0.2) is 28.8 Å². The molecule has 0 fully saturated rings. The molecule has 1 aromatic heterocycles. The number of halogens is 1.